The fraction of sp³-hybridized carbons (Fsp3) is 0.400. The summed E-state index contributed by atoms with van der Waals surface area (Å²) in [5, 5.41) is 7.12. The summed E-state index contributed by atoms with van der Waals surface area (Å²) >= 11 is 6.17. The molecule has 0 unspecified atom stereocenters. The number of amides is 1. The third kappa shape index (κ3) is 5.20. The van der Waals surface area contributed by atoms with Crippen molar-refractivity contribution in [1.29, 1.82) is 0 Å². The van der Waals surface area contributed by atoms with Gasteiger partial charge in [-0.05, 0) is 36.6 Å². The molecule has 2 aromatic rings. The minimum Gasteiger partial charge on any atom is -0.366 e. The van der Waals surface area contributed by atoms with Crippen molar-refractivity contribution >= 4 is 23.3 Å². The van der Waals surface area contributed by atoms with Crippen LogP contribution in [0.5, 0.6) is 0 Å². The van der Waals surface area contributed by atoms with Crippen molar-refractivity contribution in [3.05, 3.63) is 58.7 Å². The standard InChI is InChI=1S/C20H24ClN3O/c21-18-10-6-5-7-16(18)14-23-19-13-15(11-12-22-19)20(25)24-17-8-3-1-2-4-9-17/h5-7,10-13,17H,1-4,8-9,14H2,(H,22,23)(H,24,25). The Kier molecular flexibility index (Phi) is 6.29. The van der Waals surface area contributed by atoms with Gasteiger partial charge in [0.15, 0.2) is 0 Å². The van der Waals surface area contributed by atoms with Crippen molar-refractivity contribution in [2.45, 2.75) is 51.1 Å². The molecule has 132 valence electrons. The van der Waals surface area contributed by atoms with Crippen LogP contribution in [0.15, 0.2) is 42.6 Å². The highest BCUT2D eigenvalue weighted by Gasteiger charge is 2.16. The highest BCUT2D eigenvalue weighted by Crippen LogP contribution is 2.19. The smallest absolute Gasteiger partial charge is 0.251 e. The van der Waals surface area contributed by atoms with Gasteiger partial charge in [-0.25, -0.2) is 4.98 Å². The Morgan fingerprint density at radius 3 is 2.64 bits per heavy atom. The maximum absolute atomic E-state index is 12.5. The van der Waals surface area contributed by atoms with Gasteiger partial charge in [-0.2, -0.15) is 0 Å². The number of carbonyl (C=O) groups excluding carboxylic acids is 1. The summed E-state index contributed by atoms with van der Waals surface area (Å²) in [6.07, 6.45) is 8.77. The Hall–Kier alpha value is -2.07. The number of nitrogens with zero attached hydrogens (tertiary/aromatic N) is 1. The summed E-state index contributed by atoms with van der Waals surface area (Å²) in [7, 11) is 0. The van der Waals surface area contributed by atoms with Crippen molar-refractivity contribution in [3.8, 4) is 0 Å². The number of rotatable bonds is 5. The van der Waals surface area contributed by atoms with Crippen LogP contribution in [-0.4, -0.2) is 16.9 Å². The average molecular weight is 358 g/mol. The van der Waals surface area contributed by atoms with Crippen molar-refractivity contribution in [2.75, 3.05) is 5.32 Å². The molecule has 1 aliphatic carbocycles. The lowest BCUT2D eigenvalue weighted by Crippen LogP contribution is -2.34. The molecular formula is C20H24ClN3O. The van der Waals surface area contributed by atoms with E-state index in [0.29, 0.717) is 24.0 Å². The zero-order chi connectivity index (χ0) is 17.5. The van der Waals surface area contributed by atoms with E-state index in [4.69, 9.17) is 11.6 Å². The molecule has 1 aromatic heterocycles. The van der Waals surface area contributed by atoms with Gasteiger partial charge in [-0.3, -0.25) is 4.79 Å². The molecule has 0 spiro atoms. The number of carbonyl (C=O) groups is 1. The summed E-state index contributed by atoms with van der Waals surface area (Å²) in [6, 6.07) is 11.5. The first-order valence-corrected chi connectivity index (χ1v) is 9.34. The van der Waals surface area contributed by atoms with Crippen LogP contribution in [0.3, 0.4) is 0 Å². The Morgan fingerprint density at radius 2 is 1.88 bits per heavy atom. The van der Waals surface area contributed by atoms with Crippen LogP contribution in [0.4, 0.5) is 5.82 Å². The van der Waals surface area contributed by atoms with Gasteiger partial charge in [0.05, 0.1) is 0 Å². The van der Waals surface area contributed by atoms with Gasteiger partial charge in [0, 0.05) is 29.4 Å². The van der Waals surface area contributed by atoms with Crippen LogP contribution < -0.4 is 10.6 Å². The van der Waals surface area contributed by atoms with E-state index in [2.05, 4.69) is 15.6 Å². The molecule has 0 bridgehead atoms. The fourth-order valence-corrected chi connectivity index (χ4v) is 3.39. The number of halogens is 1. The molecule has 1 aliphatic rings. The summed E-state index contributed by atoms with van der Waals surface area (Å²) in [5.74, 6) is 0.656. The van der Waals surface area contributed by atoms with E-state index in [0.717, 1.165) is 23.4 Å². The number of pyridine rings is 1. The number of benzene rings is 1. The first kappa shape index (κ1) is 17.7. The quantitative estimate of drug-likeness (QED) is 0.756. The Morgan fingerprint density at radius 1 is 1.12 bits per heavy atom. The zero-order valence-corrected chi connectivity index (χ0v) is 15.1. The molecule has 4 nitrogen and oxygen atoms in total. The second-order valence-electron chi connectivity index (χ2n) is 6.54. The molecule has 1 heterocycles. The summed E-state index contributed by atoms with van der Waals surface area (Å²) in [6.45, 7) is 0.570. The highest BCUT2D eigenvalue weighted by atomic mass is 35.5. The minimum atomic E-state index is -0.0184. The van der Waals surface area contributed by atoms with E-state index in [1.807, 2.05) is 24.3 Å². The average Bonchev–Trinajstić information content (AvgIpc) is 2.90. The molecular weight excluding hydrogens is 334 g/mol. The normalized spacial score (nSPS) is 15.4. The fourth-order valence-electron chi connectivity index (χ4n) is 3.19. The number of hydrogen-bond donors (Lipinski definition) is 2. The Balaban J connectivity index is 1.60. The van der Waals surface area contributed by atoms with Crippen LogP contribution >= 0.6 is 11.6 Å². The van der Waals surface area contributed by atoms with Crippen LogP contribution in [0.2, 0.25) is 5.02 Å². The monoisotopic (exact) mass is 357 g/mol. The minimum absolute atomic E-state index is 0.0184. The van der Waals surface area contributed by atoms with Gasteiger partial charge >= 0.3 is 0 Å². The lowest BCUT2D eigenvalue weighted by atomic mass is 10.1. The van der Waals surface area contributed by atoms with Gasteiger partial charge in [-0.15, -0.1) is 0 Å². The van der Waals surface area contributed by atoms with Gasteiger partial charge in [0.2, 0.25) is 0 Å². The van der Waals surface area contributed by atoms with Crippen LogP contribution in [0, 0.1) is 0 Å². The SMILES string of the molecule is O=C(NC1CCCCCC1)c1ccnc(NCc2ccccc2Cl)c1. The van der Waals surface area contributed by atoms with Crippen molar-refractivity contribution in [2.24, 2.45) is 0 Å². The third-order valence-electron chi connectivity index (χ3n) is 4.63. The number of anilines is 1. The van der Waals surface area contributed by atoms with Crippen molar-refractivity contribution in [1.82, 2.24) is 10.3 Å². The predicted octanol–water partition coefficient (Wildman–Crippen LogP) is 4.80. The van der Waals surface area contributed by atoms with Crippen LogP contribution in [0.1, 0.15) is 54.4 Å². The van der Waals surface area contributed by atoms with Gasteiger partial charge < -0.3 is 10.6 Å². The second kappa shape index (κ2) is 8.86. The predicted molar refractivity (Wildman–Crippen MR) is 102 cm³/mol. The van der Waals surface area contributed by atoms with E-state index in [1.54, 1.807) is 18.3 Å². The van der Waals surface area contributed by atoms with Crippen LogP contribution in [0.25, 0.3) is 0 Å². The molecule has 1 saturated carbocycles. The molecule has 1 amide bonds. The molecule has 3 rings (SSSR count). The maximum Gasteiger partial charge on any atom is 0.251 e. The van der Waals surface area contributed by atoms with Crippen molar-refractivity contribution < 1.29 is 4.79 Å². The molecule has 0 atom stereocenters. The molecule has 1 fully saturated rings. The van der Waals surface area contributed by atoms with Crippen molar-refractivity contribution in [3.63, 3.8) is 0 Å². The van der Waals surface area contributed by atoms with E-state index in [-0.39, 0.29) is 5.91 Å². The molecule has 5 heteroatoms. The molecule has 0 aliphatic heterocycles. The topological polar surface area (TPSA) is 54.0 Å². The van der Waals surface area contributed by atoms with E-state index in [9.17, 15) is 4.79 Å². The largest absolute Gasteiger partial charge is 0.366 e. The van der Waals surface area contributed by atoms with Gasteiger partial charge in [0.1, 0.15) is 5.82 Å². The molecule has 0 saturated heterocycles. The number of nitrogens with one attached hydrogen (secondary N) is 2. The summed E-state index contributed by atoms with van der Waals surface area (Å²) in [5.41, 5.74) is 1.64. The van der Waals surface area contributed by atoms with Gasteiger partial charge in [0.25, 0.3) is 5.91 Å². The highest BCUT2D eigenvalue weighted by molar-refractivity contribution is 6.31. The van der Waals surface area contributed by atoms with Gasteiger partial charge in [-0.1, -0.05) is 55.5 Å². The number of aromatic nitrogens is 1. The molecule has 1 aromatic carbocycles. The lowest BCUT2D eigenvalue weighted by molar-refractivity contribution is 0.0933. The molecule has 2 N–H and O–H groups in total. The van der Waals surface area contributed by atoms with E-state index >= 15 is 0 Å². The Bertz CT molecular complexity index is 712. The zero-order valence-electron chi connectivity index (χ0n) is 14.3. The Labute approximate surface area is 154 Å². The second-order valence-corrected chi connectivity index (χ2v) is 6.94. The first-order valence-electron chi connectivity index (χ1n) is 8.96. The number of hydrogen-bond acceptors (Lipinski definition) is 3. The third-order valence-corrected chi connectivity index (χ3v) is 5.00. The maximum atomic E-state index is 12.5. The molecule has 0 radical (unpaired) electrons. The van der Waals surface area contributed by atoms with E-state index < -0.39 is 0 Å². The van der Waals surface area contributed by atoms with Crippen LogP contribution in [-0.2, 0) is 6.54 Å². The van der Waals surface area contributed by atoms with E-state index in [1.165, 1.54) is 25.7 Å². The molecule has 25 heavy (non-hydrogen) atoms. The first-order chi connectivity index (χ1) is 12.2. The summed E-state index contributed by atoms with van der Waals surface area (Å²) in [4.78, 5) is 16.8. The lowest BCUT2D eigenvalue weighted by Gasteiger charge is -2.16. The summed E-state index contributed by atoms with van der Waals surface area (Å²) < 4.78 is 0.